The molecule has 142 valence electrons. The summed E-state index contributed by atoms with van der Waals surface area (Å²) in [5, 5.41) is 2.83. The van der Waals surface area contributed by atoms with Gasteiger partial charge in [0.2, 0.25) is 0 Å². The minimum Gasteiger partial charge on any atom is -0.462 e. The van der Waals surface area contributed by atoms with Crippen molar-refractivity contribution in [2.75, 3.05) is 11.9 Å². The quantitative estimate of drug-likeness (QED) is 0.435. The van der Waals surface area contributed by atoms with Gasteiger partial charge in [-0.2, -0.15) is 0 Å². The van der Waals surface area contributed by atoms with Gasteiger partial charge in [0.15, 0.2) is 0 Å². The molecule has 1 N–H and O–H groups in total. The lowest BCUT2D eigenvalue weighted by atomic mass is 10.0. The summed E-state index contributed by atoms with van der Waals surface area (Å²) in [5.74, 6) is -0.604. The van der Waals surface area contributed by atoms with E-state index < -0.39 is 0 Å². The molecule has 28 heavy (non-hydrogen) atoms. The highest BCUT2D eigenvalue weighted by atomic mass is 16.5. The number of anilines is 1. The maximum atomic E-state index is 12.5. The summed E-state index contributed by atoms with van der Waals surface area (Å²) in [6, 6.07) is 24.2. The Labute approximate surface area is 165 Å². The Morgan fingerprint density at radius 2 is 1.54 bits per heavy atom. The van der Waals surface area contributed by atoms with Gasteiger partial charge in [-0.1, -0.05) is 61.9 Å². The Bertz CT molecular complexity index is 934. The average molecular weight is 373 g/mol. The first kappa shape index (κ1) is 19.4. The van der Waals surface area contributed by atoms with Crippen molar-refractivity contribution in [1.82, 2.24) is 0 Å². The van der Waals surface area contributed by atoms with E-state index in [1.165, 1.54) is 0 Å². The van der Waals surface area contributed by atoms with Crippen LogP contribution in [0, 0.1) is 0 Å². The van der Waals surface area contributed by atoms with Crippen molar-refractivity contribution < 1.29 is 14.3 Å². The minimum atomic E-state index is -0.378. The first-order chi connectivity index (χ1) is 13.7. The molecule has 1 amide bonds. The van der Waals surface area contributed by atoms with E-state index in [4.69, 9.17) is 4.74 Å². The van der Waals surface area contributed by atoms with E-state index in [-0.39, 0.29) is 11.9 Å². The molecule has 3 aromatic rings. The molecular weight excluding hydrogens is 350 g/mol. The Kier molecular flexibility index (Phi) is 6.58. The van der Waals surface area contributed by atoms with Crippen LogP contribution in [-0.4, -0.2) is 18.5 Å². The Balaban J connectivity index is 1.66. The molecular formula is C24H23NO3. The van der Waals surface area contributed by atoms with Gasteiger partial charge in [0.1, 0.15) is 0 Å². The minimum absolute atomic E-state index is 0.226. The van der Waals surface area contributed by atoms with Crippen molar-refractivity contribution in [2.45, 2.75) is 19.8 Å². The van der Waals surface area contributed by atoms with E-state index in [0.29, 0.717) is 23.4 Å². The molecule has 0 unspecified atom stereocenters. The highest BCUT2D eigenvalue weighted by molar-refractivity contribution is 6.05. The molecule has 0 atom stereocenters. The third kappa shape index (κ3) is 5.07. The summed E-state index contributed by atoms with van der Waals surface area (Å²) in [4.78, 5) is 24.6. The average Bonchev–Trinajstić information content (AvgIpc) is 2.75. The second-order valence-corrected chi connectivity index (χ2v) is 6.47. The summed E-state index contributed by atoms with van der Waals surface area (Å²) in [7, 11) is 0. The van der Waals surface area contributed by atoms with Crippen molar-refractivity contribution in [1.29, 1.82) is 0 Å². The number of rotatable bonds is 7. The maximum Gasteiger partial charge on any atom is 0.338 e. The van der Waals surface area contributed by atoms with Crippen LogP contribution in [0.1, 0.15) is 40.5 Å². The molecule has 0 radical (unpaired) electrons. The van der Waals surface area contributed by atoms with Gasteiger partial charge in [0.25, 0.3) is 5.91 Å². The molecule has 3 rings (SSSR count). The Hall–Kier alpha value is -3.40. The number of carbonyl (C=O) groups excluding carboxylic acids is 2. The van der Waals surface area contributed by atoms with Crippen molar-refractivity contribution in [3.63, 3.8) is 0 Å². The van der Waals surface area contributed by atoms with E-state index in [1.54, 1.807) is 36.4 Å². The van der Waals surface area contributed by atoms with E-state index >= 15 is 0 Å². The number of hydrogen-bond acceptors (Lipinski definition) is 3. The first-order valence-electron chi connectivity index (χ1n) is 9.41. The molecule has 0 heterocycles. The van der Waals surface area contributed by atoms with E-state index in [0.717, 1.165) is 24.0 Å². The molecule has 0 fully saturated rings. The zero-order valence-corrected chi connectivity index (χ0v) is 15.9. The Morgan fingerprint density at radius 3 is 2.25 bits per heavy atom. The van der Waals surface area contributed by atoms with Crippen LogP contribution in [0.5, 0.6) is 0 Å². The highest BCUT2D eigenvalue weighted by Crippen LogP contribution is 2.20. The lowest BCUT2D eigenvalue weighted by molar-refractivity contribution is 0.0499. The normalized spacial score (nSPS) is 10.3. The van der Waals surface area contributed by atoms with Crippen LogP contribution in [0.4, 0.5) is 5.69 Å². The molecule has 0 saturated carbocycles. The third-order valence-corrected chi connectivity index (χ3v) is 4.34. The summed E-state index contributed by atoms with van der Waals surface area (Å²) in [6.07, 6.45) is 1.80. The fraction of sp³-hybridized carbons (Fsp3) is 0.167. The summed E-state index contributed by atoms with van der Waals surface area (Å²) < 4.78 is 5.22. The number of carbonyl (C=O) groups is 2. The van der Waals surface area contributed by atoms with Crippen molar-refractivity contribution >= 4 is 17.6 Å². The number of nitrogens with one attached hydrogen (secondary N) is 1. The molecule has 0 bridgehead atoms. The predicted molar refractivity (Wildman–Crippen MR) is 111 cm³/mol. The van der Waals surface area contributed by atoms with Crippen molar-refractivity contribution in [3.8, 4) is 11.1 Å². The number of benzene rings is 3. The van der Waals surface area contributed by atoms with Crippen molar-refractivity contribution in [3.05, 3.63) is 90.0 Å². The van der Waals surface area contributed by atoms with Crippen LogP contribution in [0.2, 0.25) is 0 Å². The lowest BCUT2D eigenvalue weighted by Gasteiger charge is -2.09. The van der Waals surface area contributed by atoms with Crippen LogP contribution in [0.15, 0.2) is 78.9 Å². The zero-order valence-electron chi connectivity index (χ0n) is 15.9. The fourth-order valence-corrected chi connectivity index (χ4v) is 2.76. The van der Waals surface area contributed by atoms with Gasteiger partial charge in [-0.15, -0.1) is 0 Å². The van der Waals surface area contributed by atoms with Crippen LogP contribution in [-0.2, 0) is 4.74 Å². The van der Waals surface area contributed by atoms with Crippen LogP contribution in [0.25, 0.3) is 11.1 Å². The molecule has 0 aliphatic carbocycles. The predicted octanol–water partition coefficient (Wildman–Crippen LogP) is 5.56. The summed E-state index contributed by atoms with van der Waals surface area (Å²) in [5.41, 5.74) is 3.68. The molecule has 4 nitrogen and oxygen atoms in total. The van der Waals surface area contributed by atoms with Gasteiger partial charge in [0.05, 0.1) is 12.2 Å². The molecule has 3 aromatic carbocycles. The highest BCUT2D eigenvalue weighted by Gasteiger charge is 2.10. The molecule has 0 saturated heterocycles. The summed E-state index contributed by atoms with van der Waals surface area (Å²) >= 11 is 0. The molecule has 0 aliphatic heterocycles. The van der Waals surface area contributed by atoms with Gasteiger partial charge in [-0.3, -0.25) is 4.79 Å². The van der Waals surface area contributed by atoms with Crippen LogP contribution < -0.4 is 5.32 Å². The fourth-order valence-electron chi connectivity index (χ4n) is 2.76. The second kappa shape index (κ2) is 9.51. The molecule has 0 aromatic heterocycles. The van der Waals surface area contributed by atoms with Crippen LogP contribution >= 0.6 is 0 Å². The van der Waals surface area contributed by atoms with Crippen LogP contribution in [0.3, 0.4) is 0 Å². The standard InChI is InChI=1S/C24H23NO3/c1-2-3-16-28-24(27)21-10-7-11-22(17-21)25-23(26)20-14-12-19(13-15-20)18-8-5-4-6-9-18/h4-15,17H,2-3,16H2,1H3,(H,25,26). The Morgan fingerprint density at radius 1 is 0.821 bits per heavy atom. The molecule has 0 spiro atoms. The van der Waals surface area contributed by atoms with E-state index in [1.807, 2.05) is 49.4 Å². The SMILES string of the molecule is CCCCOC(=O)c1cccc(NC(=O)c2ccc(-c3ccccc3)cc2)c1. The number of esters is 1. The second-order valence-electron chi connectivity index (χ2n) is 6.47. The number of unbranched alkanes of at least 4 members (excludes halogenated alkanes) is 1. The number of hydrogen-bond donors (Lipinski definition) is 1. The number of ether oxygens (including phenoxy) is 1. The van der Waals surface area contributed by atoms with E-state index in [9.17, 15) is 9.59 Å². The molecule has 0 aliphatic rings. The maximum absolute atomic E-state index is 12.5. The topological polar surface area (TPSA) is 55.4 Å². The largest absolute Gasteiger partial charge is 0.462 e. The molecule has 4 heteroatoms. The summed E-state index contributed by atoms with van der Waals surface area (Å²) in [6.45, 7) is 2.44. The van der Waals surface area contributed by atoms with Gasteiger partial charge in [-0.05, 0) is 47.9 Å². The van der Waals surface area contributed by atoms with Gasteiger partial charge >= 0.3 is 5.97 Å². The smallest absolute Gasteiger partial charge is 0.338 e. The third-order valence-electron chi connectivity index (χ3n) is 4.34. The van der Waals surface area contributed by atoms with Gasteiger partial charge in [0, 0.05) is 11.3 Å². The zero-order chi connectivity index (χ0) is 19.8. The monoisotopic (exact) mass is 373 g/mol. The van der Waals surface area contributed by atoms with Crippen molar-refractivity contribution in [2.24, 2.45) is 0 Å². The number of amides is 1. The van der Waals surface area contributed by atoms with Gasteiger partial charge < -0.3 is 10.1 Å². The van der Waals surface area contributed by atoms with Gasteiger partial charge in [-0.25, -0.2) is 4.79 Å². The lowest BCUT2D eigenvalue weighted by Crippen LogP contribution is -2.13. The van der Waals surface area contributed by atoms with E-state index in [2.05, 4.69) is 5.32 Å². The first-order valence-corrected chi connectivity index (χ1v) is 9.41.